The van der Waals surface area contributed by atoms with Crippen molar-refractivity contribution in [3.8, 4) is 23.3 Å². The number of fused-ring (bicyclic) bond motifs is 1. The molecule has 35 heavy (non-hydrogen) atoms. The number of urea groups is 1. The zero-order chi connectivity index (χ0) is 25.3. The number of alkyl halides is 2. The number of likely N-dealkylation sites (tertiary alicyclic amines) is 1. The summed E-state index contributed by atoms with van der Waals surface area (Å²) in [7, 11) is 0. The van der Waals surface area contributed by atoms with Gasteiger partial charge in [0.15, 0.2) is 17.5 Å². The summed E-state index contributed by atoms with van der Waals surface area (Å²) in [5.74, 6) is 2.53. The number of nitrogens with one attached hydrogen (secondary N) is 1. The molecule has 9 nitrogen and oxygen atoms in total. The zero-order valence-electron chi connectivity index (χ0n) is 18.4. The van der Waals surface area contributed by atoms with Gasteiger partial charge in [-0.25, -0.2) is 19.5 Å². The fourth-order valence-corrected chi connectivity index (χ4v) is 3.62. The minimum Gasteiger partial charge on any atom is -0.464 e. The molecule has 2 aromatic rings. The van der Waals surface area contributed by atoms with Crippen LogP contribution in [-0.2, 0) is 14.3 Å². The quantitative estimate of drug-likeness (QED) is 0.294. The normalized spacial score (nSPS) is 20.3. The van der Waals surface area contributed by atoms with Crippen molar-refractivity contribution in [1.29, 1.82) is 0 Å². The minimum atomic E-state index is -3.78. The van der Waals surface area contributed by atoms with Crippen molar-refractivity contribution >= 4 is 29.5 Å². The summed E-state index contributed by atoms with van der Waals surface area (Å²) in [6.45, 7) is 3.20. The van der Waals surface area contributed by atoms with Crippen molar-refractivity contribution in [2.75, 3.05) is 6.61 Å². The number of esters is 1. The number of β-lactam (4-membered cyclic amide) rings is 1. The molecule has 4 rings (SSSR count). The van der Waals surface area contributed by atoms with Gasteiger partial charge in [-0.2, -0.15) is 0 Å². The Labute approximate surface area is 203 Å². The van der Waals surface area contributed by atoms with Gasteiger partial charge in [0.25, 0.3) is 0 Å². The molecule has 0 unspecified atom stereocenters. The Morgan fingerprint density at radius 3 is 2.71 bits per heavy atom. The molecule has 1 aromatic heterocycles. The van der Waals surface area contributed by atoms with Crippen LogP contribution < -0.4 is 14.8 Å². The summed E-state index contributed by atoms with van der Waals surface area (Å²) in [6.07, 6.45) is -2.37. The topological polar surface area (TPSA) is 107 Å². The lowest BCUT2D eigenvalue weighted by atomic mass is 9.87. The highest BCUT2D eigenvalue weighted by Crippen LogP contribution is 2.42. The third-order valence-corrected chi connectivity index (χ3v) is 5.43. The summed E-state index contributed by atoms with van der Waals surface area (Å²) >= 11 is 5.74. The first kappa shape index (κ1) is 24.2. The summed E-state index contributed by atoms with van der Waals surface area (Å²) in [5, 5.41) is 2.84. The van der Waals surface area contributed by atoms with E-state index >= 15 is 0 Å². The summed E-state index contributed by atoms with van der Waals surface area (Å²) < 4.78 is 40.3. The second-order valence-electron chi connectivity index (χ2n) is 7.57. The average molecular weight is 506 g/mol. The standard InChI is InChI=1S/C23H18ClF2N3O6/c1-3-33-21(31)19-15(7-4-13-5-9-18(24)27-11-13)20(30)29(19)22(32)28-12(2)14-6-8-16-17(10-14)35-23(25,26)34-16/h5-6,8-12,15,19H,3H2,1-2H3,(H,28,32)/t12-,15-,19+/m1/s1. The van der Waals surface area contributed by atoms with Crippen molar-refractivity contribution in [1.82, 2.24) is 15.2 Å². The fourth-order valence-electron chi connectivity index (χ4n) is 3.51. The fraction of sp³-hybridized carbons (Fsp3) is 0.304. The minimum absolute atomic E-state index is 0.0401. The molecule has 0 spiro atoms. The maximum atomic E-state index is 13.3. The maximum Gasteiger partial charge on any atom is 0.586 e. The highest BCUT2D eigenvalue weighted by Gasteiger charge is 2.55. The first-order valence-corrected chi connectivity index (χ1v) is 10.8. The van der Waals surface area contributed by atoms with Gasteiger partial charge in [-0.15, -0.1) is 8.78 Å². The molecule has 0 saturated carbocycles. The lowest BCUT2D eigenvalue weighted by Crippen LogP contribution is -2.68. The highest BCUT2D eigenvalue weighted by molar-refractivity contribution is 6.29. The molecule has 1 fully saturated rings. The maximum absolute atomic E-state index is 13.3. The first-order chi connectivity index (χ1) is 16.6. The van der Waals surface area contributed by atoms with E-state index in [2.05, 4.69) is 31.6 Å². The number of rotatable bonds is 4. The highest BCUT2D eigenvalue weighted by atomic mass is 35.5. The van der Waals surface area contributed by atoms with Crippen molar-refractivity contribution in [2.24, 2.45) is 5.92 Å². The molecule has 1 saturated heterocycles. The number of benzene rings is 1. The summed E-state index contributed by atoms with van der Waals surface area (Å²) in [5.41, 5.74) is 0.875. The van der Waals surface area contributed by atoms with Crippen LogP contribution in [0.15, 0.2) is 36.5 Å². The van der Waals surface area contributed by atoms with E-state index in [4.69, 9.17) is 16.3 Å². The van der Waals surface area contributed by atoms with Gasteiger partial charge in [0, 0.05) is 11.8 Å². The number of aromatic nitrogens is 1. The Kier molecular flexibility index (Phi) is 6.49. The molecule has 0 bridgehead atoms. The van der Waals surface area contributed by atoms with Crippen LogP contribution in [0.1, 0.15) is 31.0 Å². The molecular formula is C23H18ClF2N3O6. The number of amides is 3. The molecular weight excluding hydrogens is 488 g/mol. The Hall–Kier alpha value is -3.91. The van der Waals surface area contributed by atoms with Crippen LogP contribution in [0, 0.1) is 17.8 Å². The molecule has 3 amide bonds. The summed E-state index contributed by atoms with van der Waals surface area (Å²) in [6, 6.07) is 4.30. The molecule has 3 heterocycles. The van der Waals surface area contributed by atoms with E-state index in [9.17, 15) is 23.2 Å². The predicted octanol–water partition coefficient (Wildman–Crippen LogP) is 3.27. The molecule has 2 aliphatic heterocycles. The second kappa shape index (κ2) is 9.38. The monoisotopic (exact) mass is 505 g/mol. The van der Waals surface area contributed by atoms with Gasteiger partial charge in [-0.05, 0) is 43.7 Å². The van der Waals surface area contributed by atoms with E-state index < -0.39 is 42.2 Å². The number of hydrogen-bond acceptors (Lipinski definition) is 7. The van der Waals surface area contributed by atoms with Crippen LogP contribution in [0.5, 0.6) is 11.5 Å². The third kappa shape index (κ3) is 4.97. The van der Waals surface area contributed by atoms with Crippen LogP contribution in [0.4, 0.5) is 13.6 Å². The molecule has 0 aliphatic carbocycles. The summed E-state index contributed by atoms with van der Waals surface area (Å²) in [4.78, 5) is 42.7. The molecule has 1 aromatic carbocycles. The van der Waals surface area contributed by atoms with Crippen molar-refractivity contribution in [3.63, 3.8) is 0 Å². The van der Waals surface area contributed by atoms with Crippen LogP contribution >= 0.6 is 11.6 Å². The average Bonchev–Trinajstić information content (AvgIpc) is 3.11. The van der Waals surface area contributed by atoms with Crippen LogP contribution in [0.3, 0.4) is 0 Å². The van der Waals surface area contributed by atoms with Gasteiger partial charge >= 0.3 is 18.3 Å². The molecule has 182 valence electrons. The molecule has 1 N–H and O–H groups in total. The number of pyridine rings is 1. The number of carbonyl (C=O) groups is 3. The van der Waals surface area contributed by atoms with E-state index in [0.717, 1.165) is 4.90 Å². The smallest absolute Gasteiger partial charge is 0.464 e. The van der Waals surface area contributed by atoms with Crippen LogP contribution in [0.25, 0.3) is 0 Å². The SMILES string of the molecule is CCOC(=O)[C@@H]1[C@@H](C#Cc2ccc(Cl)nc2)C(=O)N1C(=O)N[C@H](C)c1ccc2c(c1)OC(F)(F)O2. The predicted molar refractivity (Wildman–Crippen MR) is 116 cm³/mol. The number of ether oxygens (including phenoxy) is 3. The van der Waals surface area contributed by atoms with E-state index in [1.165, 1.54) is 30.5 Å². The van der Waals surface area contributed by atoms with Crippen LogP contribution in [0.2, 0.25) is 5.15 Å². The van der Waals surface area contributed by atoms with Gasteiger partial charge < -0.3 is 19.5 Å². The lowest BCUT2D eigenvalue weighted by molar-refractivity contribution is -0.286. The van der Waals surface area contributed by atoms with Gasteiger partial charge in [0.05, 0.1) is 12.6 Å². The number of halogens is 3. The molecule has 12 heteroatoms. The number of imide groups is 1. The van der Waals surface area contributed by atoms with E-state index in [1.807, 2.05) is 0 Å². The Morgan fingerprint density at radius 2 is 2.03 bits per heavy atom. The van der Waals surface area contributed by atoms with Crippen molar-refractivity contribution in [3.05, 3.63) is 52.8 Å². The van der Waals surface area contributed by atoms with Gasteiger partial charge in [0.2, 0.25) is 5.91 Å². The first-order valence-electron chi connectivity index (χ1n) is 10.4. The molecule has 3 atom stereocenters. The van der Waals surface area contributed by atoms with E-state index in [-0.39, 0.29) is 23.3 Å². The Bertz CT molecular complexity index is 1240. The molecule has 0 radical (unpaired) electrons. The van der Waals surface area contributed by atoms with Crippen molar-refractivity contribution in [2.45, 2.75) is 32.2 Å². The van der Waals surface area contributed by atoms with Gasteiger partial charge in [0.1, 0.15) is 11.1 Å². The number of hydrogen-bond donors (Lipinski definition) is 1. The van der Waals surface area contributed by atoms with Gasteiger partial charge in [-0.3, -0.25) is 4.79 Å². The number of nitrogens with zero attached hydrogens (tertiary/aromatic N) is 2. The van der Waals surface area contributed by atoms with Crippen molar-refractivity contribution < 1.29 is 37.4 Å². The number of carbonyl (C=O) groups excluding carboxylic acids is 3. The Balaban J connectivity index is 1.49. The van der Waals surface area contributed by atoms with E-state index in [1.54, 1.807) is 19.9 Å². The van der Waals surface area contributed by atoms with Gasteiger partial charge in [-0.1, -0.05) is 29.5 Å². The second-order valence-corrected chi connectivity index (χ2v) is 7.95. The van der Waals surface area contributed by atoms with Crippen LogP contribution in [-0.4, -0.2) is 46.7 Å². The molecule has 2 aliphatic rings. The third-order valence-electron chi connectivity index (χ3n) is 5.21. The van der Waals surface area contributed by atoms with E-state index in [0.29, 0.717) is 11.1 Å². The largest absolute Gasteiger partial charge is 0.586 e. The lowest BCUT2D eigenvalue weighted by Gasteiger charge is -2.41. The Morgan fingerprint density at radius 1 is 1.29 bits per heavy atom. The zero-order valence-corrected chi connectivity index (χ0v) is 19.1.